The van der Waals surface area contributed by atoms with Crippen molar-refractivity contribution in [1.29, 1.82) is 0 Å². The van der Waals surface area contributed by atoms with Gasteiger partial charge in [0, 0.05) is 18.6 Å². The van der Waals surface area contributed by atoms with Gasteiger partial charge in [0.2, 0.25) is 0 Å². The van der Waals surface area contributed by atoms with E-state index in [1.807, 2.05) is 0 Å². The molecule has 0 spiro atoms. The minimum absolute atomic E-state index is 0.202. The van der Waals surface area contributed by atoms with Crippen molar-refractivity contribution in [3.8, 4) is 0 Å². The minimum Gasteiger partial charge on any atom is -0.392 e. The molecule has 0 saturated carbocycles. The van der Waals surface area contributed by atoms with Crippen molar-refractivity contribution in [2.75, 3.05) is 19.6 Å². The van der Waals surface area contributed by atoms with Gasteiger partial charge in [-0.1, -0.05) is 20.8 Å². The molecule has 3 heteroatoms. The first kappa shape index (κ1) is 14.3. The van der Waals surface area contributed by atoms with Crippen LogP contribution in [0.1, 0.15) is 52.9 Å². The third-order valence-corrected chi connectivity index (χ3v) is 4.31. The summed E-state index contributed by atoms with van der Waals surface area (Å²) in [7, 11) is 0. The molecule has 18 heavy (non-hydrogen) atoms. The molecule has 2 rings (SSSR count). The molecule has 2 N–H and O–H groups in total. The summed E-state index contributed by atoms with van der Waals surface area (Å²) in [6.07, 6.45) is 5.96. The number of aliphatic hydroxyl groups excluding tert-OH is 1. The standard InChI is InChI=1S/C15H30N2O/c1-15(2,3)10-14(18)11-16-12-6-8-17-7-4-5-13(17)9-12/h12-14,16,18H,4-11H2,1-3H3. The largest absolute Gasteiger partial charge is 0.392 e. The maximum atomic E-state index is 10.0. The van der Waals surface area contributed by atoms with Crippen molar-refractivity contribution in [3.63, 3.8) is 0 Å². The SMILES string of the molecule is CC(C)(C)CC(O)CNC1CCN2CCCC2C1. The summed E-state index contributed by atoms with van der Waals surface area (Å²) in [6.45, 7) is 9.88. The zero-order chi connectivity index (χ0) is 13.2. The Morgan fingerprint density at radius 1 is 1.28 bits per heavy atom. The number of nitrogens with one attached hydrogen (secondary N) is 1. The first-order valence-corrected chi connectivity index (χ1v) is 7.59. The van der Waals surface area contributed by atoms with Crippen LogP contribution < -0.4 is 5.32 Å². The van der Waals surface area contributed by atoms with E-state index in [-0.39, 0.29) is 11.5 Å². The van der Waals surface area contributed by atoms with Gasteiger partial charge in [0.1, 0.15) is 0 Å². The fourth-order valence-electron chi connectivity index (χ4n) is 3.49. The molecule has 3 nitrogen and oxygen atoms in total. The summed E-state index contributed by atoms with van der Waals surface area (Å²) in [6, 6.07) is 1.44. The van der Waals surface area contributed by atoms with Crippen LogP contribution in [-0.4, -0.2) is 47.8 Å². The Balaban J connectivity index is 1.67. The molecule has 0 amide bonds. The first-order valence-electron chi connectivity index (χ1n) is 7.59. The predicted octanol–water partition coefficient (Wildman–Crippen LogP) is 2.00. The lowest BCUT2D eigenvalue weighted by Gasteiger charge is -2.36. The van der Waals surface area contributed by atoms with E-state index in [4.69, 9.17) is 0 Å². The molecule has 0 aromatic heterocycles. The Kier molecular flexibility index (Phi) is 4.68. The second kappa shape index (κ2) is 5.89. The van der Waals surface area contributed by atoms with Gasteiger partial charge >= 0.3 is 0 Å². The van der Waals surface area contributed by atoms with Gasteiger partial charge in [-0.15, -0.1) is 0 Å². The lowest BCUT2D eigenvalue weighted by Crippen LogP contribution is -2.47. The average molecular weight is 254 g/mol. The van der Waals surface area contributed by atoms with Crippen LogP contribution in [0.5, 0.6) is 0 Å². The van der Waals surface area contributed by atoms with Gasteiger partial charge in [-0.25, -0.2) is 0 Å². The molecule has 2 aliphatic rings. The van der Waals surface area contributed by atoms with Crippen LogP contribution in [0.2, 0.25) is 0 Å². The quantitative estimate of drug-likeness (QED) is 0.805. The summed E-state index contributed by atoms with van der Waals surface area (Å²) in [4.78, 5) is 2.64. The van der Waals surface area contributed by atoms with Crippen molar-refractivity contribution in [2.45, 2.75) is 71.1 Å². The summed E-state index contributed by atoms with van der Waals surface area (Å²) in [5.74, 6) is 0. The Morgan fingerprint density at radius 3 is 2.78 bits per heavy atom. The molecule has 2 aliphatic heterocycles. The van der Waals surface area contributed by atoms with Crippen molar-refractivity contribution in [1.82, 2.24) is 10.2 Å². The van der Waals surface area contributed by atoms with Crippen LogP contribution in [0.3, 0.4) is 0 Å². The zero-order valence-corrected chi connectivity index (χ0v) is 12.3. The summed E-state index contributed by atoms with van der Waals surface area (Å²) >= 11 is 0. The van der Waals surface area contributed by atoms with Crippen molar-refractivity contribution in [3.05, 3.63) is 0 Å². The molecule has 2 saturated heterocycles. The van der Waals surface area contributed by atoms with Gasteiger partial charge in [-0.05, 0) is 50.6 Å². The maximum Gasteiger partial charge on any atom is 0.0669 e. The molecular formula is C15H30N2O. The topological polar surface area (TPSA) is 35.5 Å². The Morgan fingerprint density at radius 2 is 2.06 bits per heavy atom. The first-order chi connectivity index (χ1) is 8.44. The second-order valence-electron chi connectivity index (χ2n) is 7.38. The number of hydrogen-bond donors (Lipinski definition) is 2. The van der Waals surface area contributed by atoms with Gasteiger partial charge in [0.25, 0.3) is 0 Å². The zero-order valence-electron chi connectivity index (χ0n) is 12.3. The molecule has 0 aromatic rings. The van der Waals surface area contributed by atoms with Crippen LogP contribution in [-0.2, 0) is 0 Å². The van der Waals surface area contributed by atoms with Crippen LogP contribution in [0.15, 0.2) is 0 Å². The molecule has 0 aliphatic carbocycles. The van der Waals surface area contributed by atoms with E-state index in [1.54, 1.807) is 0 Å². The number of piperidine rings is 1. The molecule has 0 aromatic carbocycles. The van der Waals surface area contributed by atoms with E-state index in [0.717, 1.165) is 19.0 Å². The van der Waals surface area contributed by atoms with Gasteiger partial charge < -0.3 is 15.3 Å². The van der Waals surface area contributed by atoms with Crippen LogP contribution in [0.25, 0.3) is 0 Å². The predicted molar refractivity (Wildman–Crippen MR) is 75.7 cm³/mol. The fraction of sp³-hybridized carbons (Fsp3) is 1.00. The molecule has 106 valence electrons. The highest BCUT2D eigenvalue weighted by atomic mass is 16.3. The highest BCUT2D eigenvalue weighted by Gasteiger charge is 2.31. The number of aliphatic hydroxyl groups is 1. The molecule has 0 radical (unpaired) electrons. The Labute approximate surface area is 112 Å². The number of fused-ring (bicyclic) bond motifs is 1. The van der Waals surface area contributed by atoms with Gasteiger partial charge in [-0.3, -0.25) is 0 Å². The summed E-state index contributed by atoms with van der Waals surface area (Å²) in [5.41, 5.74) is 0.218. The van der Waals surface area contributed by atoms with Gasteiger partial charge in [0.15, 0.2) is 0 Å². The molecule has 2 fully saturated rings. The summed E-state index contributed by atoms with van der Waals surface area (Å²) < 4.78 is 0. The lowest BCUT2D eigenvalue weighted by molar-refractivity contribution is 0.105. The smallest absolute Gasteiger partial charge is 0.0669 e. The molecular weight excluding hydrogens is 224 g/mol. The second-order valence-corrected chi connectivity index (χ2v) is 7.38. The van der Waals surface area contributed by atoms with Crippen molar-refractivity contribution >= 4 is 0 Å². The third-order valence-electron chi connectivity index (χ3n) is 4.31. The van der Waals surface area contributed by atoms with E-state index in [9.17, 15) is 5.11 Å². The highest BCUT2D eigenvalue weighted by Crippen LogP contribution is 2.27. The molecule has 3 unspecified atom stereocenters. The third kappa shape index (κ3) is 4.22. The molecule has 0 bridgehead atoms. The normalized spacial score (nSPS) is 31.3. The van der Waals surface area contributed by atoms with Gasteiger partial charge in [-0.2, -0.15) is 0 Å². The Bertz CT molecular complexity index is 262. The van der Waals surface area contributed by atoms with Crippen LogP contribution >= 0.6 is 0 Å². The number of nitrogens with zero attached hydrogens (tertiary/aromatic N) is 1. The van der Waals surface area contributed by atoms with E-state index in [2.05, 4.69) is 31.0 Å². The van der Waals surface area contributed by atoms with Crippen molar-refractivity contribution in [2.24, 2.45) is 5.41 Å². The van der Waals surface area contributed by atoms with Crippen molar-refractivity contribution < 1.29 is 5.11 Å². The minimum atomic E-state index is -0.202. The molecule has 3 atom stereocenters. The van der Waals surface area contributed by atoms with Gasteiger partial charge in [0.05, 0.1) is 6.10 Å². The average Bonchev–Trinajstić information content (AvgIpc) is 2.71. The monoisotopic (exact) mass is 254 g/mol. The summed E-state index contributed by atoms with van der Waals surface area (Å²) in [5, 5.41) is 13.6. The molecule has 2 heterocycles. The van der Waals surface area contributed by atoms with E-state index in [1.165, 1.54) is 38.8 Å². The van der Waals surface area contributed by atoms with E-state index >= 15 is 0 Å². The maximum absolute atomic E-state index is 10.0. The van der Waals surface area contributed by atoms with Crippen LogP contribution in [0, 0.1) is 5.41 Å². The van der Waals surface area contributed by atoms with E-state index < -0.39 is 0 Å². The fourth-order valence-corrected chi connectivity index (χ4v) is 3.49. The lowest BCUT2D eigenvalue weighted by atomic mass is 9.89. The Hall–Kier alpha value is -0.120. The van der Waals surface area contributed by atoms with E-state index in [0.29, 0.717) is 6.04 Å². The highest BCUT2D eigenvalue weighted by molar-refractivity contribution is 4.89. The number of hydrogen-bond acceptors (Lipinski definition) is 3. The van der Waals surface area contributed by atoms with Crippen LogP contribution in [0.4, 0.5) is 0 Å². The number of rotatable bonds is 4.